The second-order valence-electron chi connectivity index (χ2n) is 19.2. The lowest BCUT2D eigenvalue weighted by atomic mass is 9.96. The largest absolute Gasteiger partial charge is 0.508 e. The highest BCUT2D eigenvalue weighted by Gasteiger charge is 2.41. The summed E-state index contributed by atoms with van der Waals surface area (Å²) < 4.78 is 0. The number of carboxylic acids is 2. The summed E-state index contributed by atoms with van der Waals surface area (Å²) in [5.41, 5.74) is 6.95. The van der Waals surface area contributed by atoms with Crippen LogP contribution >= 0.6 is 0 Å². The number of phenols is 1. The van der Waals surface area contributed by atoms with E-state index in [2.05, 4.69) is 47.2 Å². The van der Waals surface area contributed by atoms with Crippen LogP contribution in [0.4, 0.5) is 0 Å². The first-order valence-corrected chi connectivity index (χ1v) is 25.0. The van der Waals surface area contributed by atoms with Crippen LogP contribution in [-0.4, -0.2) is 145 Å². The molecule has 1 saturated heterocycles. The van der Waals surface area contributed by atoms with Gasteiger partial charge in [0, 0.05) is 44.5 Å². The molecule has 0 aliphatic carbocycles. The fourth-order valence-corrected chi connectivity index (χ4v) is 8.44. The minimum atomic E-state index is -1.41. The first-order chi connectivity index (χ1) is 35.6. The zero-order valence-electron chi connectivity index (χ0n) is 42.9. The number of aliphatic carboxylic acids is 2. The second-order valence-corrected chi connectivity index (χ2v) is 19.2. The number of imidazole rings is 1. The highest BCUT2D eigenvalue weighted by atomic mass is 16.4. The van der Waals surface area contributed by atoms with Crippen molar-refractivity contribution in [3.05, 3.63) is 83.9 Å². The Labute approximate surface area is 435 Å². The summed E-state index contributed by atoms with van der Waals surface area (Å²) in [4.78, 5) is 131. The smallest absolute Gasteiger partial charge is 0.326 e. The Bertz CT molecular complexity index is 2440. The molecule has 4 rings (SSSR count). The van der Waals surface area contributed by atoms with Crippen LogP contribution in [-0.2, 0) is 62.4 Å². The third-order valence-electron chi connectivity index (χ3n) is 12.9. The third kappa shape index (κ3) is 18.7. The molecule has 2 aromatic carbocycles. The summed E-state index contributed by atoms with van der Waals surface area (Å²) in [7, 11) is 0. The van der Waals surface area contributed by atoms with Gasteiger partial charge in [0.25, 0.3) is 0 Å². The van der Waals surface area contributed by atoms with Gasteiger partial charge >= 0.3 is 11.9 Å². The van der Waals surface area contributed by atoms with E-state index in [-0.39, 0.29) is 63.3 Å². The zero-order valence-corrected chi connectivity index (χ0v) is 42.9. The lowest BCUT2D eigenvalue weighted by molar-refractivity contribution is -0.145. The summed E-state index contributed by atoms with van der Waals surface area (Å²) in [5.74, 6) is -10.3. The Morgan fingerprint density at radius 1 is 0.747 bits per heavy atom. The first kappa shape index (κ1) is 59.5. The number of guanidine groups is 1. The summed E-state index contributed by atoms with van der Waals surface area (Å²) in [6, 6.07) is 5.63. The number of carbonyl (C=O) groups excluding carboxylic acids is 7. The van der Waals surface area contributed by atoms with Crippen molar-refractivity contribution in [2.75, 3.05) is 13.1 Å². The standard InChI is InChI=1S/C51H72N12O12/c1-6-29(4)42(48(72)59-37(25-33-26-54-27-56-33)49(73)63-21-11-15-39(63)46(70)60-38(50(74)75)24-31-12-8-7-9-13-31)62-45(69)36(23-32-16-18-34(64)19-17-32)58-47(71)41(28(2)3)61-44(68)35(14-10-20-55-51(52)53)57-43(67)30(5)22-40(65)66/h7-9,12-13,16-19,26-30,35-39,41-42,64H,6,10-11,14-15,20-25H2,1-5H3,(H,54,56)(H,57,67)(H,58,71)(H,59,72)(H,60,70)(H,61,68)(H,62,69)(H,65,66)(H,74,75)(H4,52,53,55). The van der Waals surface area contributed by atoms with Crippen molar-refractivity contribution < 1.29 is 58.5 Å². The maximum atomic E-state index is 14.6. The van der Waals surface area contributed by atoms with Crippen LogP contribution in [0.25, 0.3) is 0 Å². The van der Waals surface area contributed by atoms with Gasteiger partial charge in [-0.3, -0.25) is 43.8 Å². The SMILES string of the molecule is CCC(C)C(NC(=O)C(Cc1ccc(O)cc1)NC(=O)C(NC(=O)C(CCCNC(=N)N)NC(=O)C(C)CC(=O)O)C(C)C)C(=O)NC(Cc1c[nH]cn1)C(=O)N1CCCC1C(=O)NC(Cc1ccccc1)C(=O)O. The van der Waals surface area contributed by atoms with Gasteiger partial charge in [-0.1, -0.05) is 83.5 Å². The molecule has 14 N–H and O–H groups in total. The molecule has 0 radical (unpaired) electrons. The molecule has 1 aliphatic heterocycles. The van der Waals surface area contributed by atoms with Crippen LogP contribution in [0, 0.1) is 23.2 Å². The number of nitrogens with two attached hydrogens (primary N) is 1. The maximum absolute atomic E-state index is 14.6. The number of carboxylic acid groups (broad SMARTS) is 2. The van der Waals surface area contributed by atoms with E-state index in [0.29, 0.717) is 29.7 Å². The van der Waals surface area contributed by atoms with Gasteiger partial charge in [-0.2, -0.15) is 0 Å². The molecule has 1 aromatic heterocycles. The molecule has 0 spiro atoms. The Morgan fingerprint density at radius 3 is 1.95 bits per heavy atom. The number of carbonyl (C=O) groups is 9. The maximum Gasteiger partial charge on any atom is 0.326 e. The number of nitrogens with zero attached hydrogens (tertiary/aromatic N) is 2. The van der Waals surface area contributed by atoms with E-state index in [0.717, 1.165) is 0 Å². The Kier molecular flexibility index (Phi) is 23.0. The molecule has 24 heteroatoms. The van der Waals surface area contributed by atoms with Gasteiger partial charge in [0.2, 0.25) is 41.4 Å². The Hall–Kier alpha value is -8.05. The fraction of sp³-hybridized carbons (Fsp3) is 0.510. The minimum absolute atomic E-state index is 0.0000939. The highest BCUT2D eigenvalue weighted by Crippen LogP contribution is 2.21. The number of hydrogen-bond acceptors (Lipinski definition) is 12. The van der Waals surface area contributed by atoms with E-state index in [9.17, 15) is 58.5 Å². The van der Waals surface area contributed by atoms with Gasteiger partial charge in [0.1, 0.15) is 48.0 Å². The minimum Gasteiger partial charge on any atom is -0.508 e. The van der Waals surface area contributed by atoms with E-state index in [1.54, 1.807) is 58.0 Å². The normalized spacial score (nSPS) is 16.3. The zero-order chi connectivity index (χ0) is 55.4. The van der Waals surface area contributed by atoms with Gasteiger partial charge in [-0.15, -0.1) is 0 Å². The quantitative estimate of drug-likeness (QED) is 0.0251. The number of benzene rings is 2. The molecule has 2 heterocycles. The lowest BCUT2D eigenvalue weighted by Crippen LogP contribution is -2.62. The van der Waals surface area contributed by atoms with E-state index in [1.165, 1.54) is 48.6 Å². The number of aromatic hydroxyl groups is 1. The van der Waals surface area contributed by atoms with Crippen molar-refractivity contribution in [3.8, 4) is 5.75 Å². The van der Waals surface area contributed by atoms with E-state index >= 15 is 0 Å². The molecule has 9 atom stereocenters. The second kappa shape index (κ2) is 29.0. The third-order valence-corrected chi connectivity index (χ3v) is 12.9. The van der Waals surface area contributed by atoms with Crippen LogP contribution < -0.4 is 43.0 Å². The van der Waals surface area contributed by atoms with Gasteiger partial charge < -0.3 is 68.2 Å². The van der Waals surface area contributed by atoms with E-state index < -0.39 is 120 Å². The molecule has 1 aliphatic rings. The molecule has 408 valence electrons. The average Bonchev–Trinajstić information content (AvgIpc) is 4.08. The number of aromatic amines is 1. The Morgan fingerprint density at radius 2 is 1.35 bits per heavy atom. The summed E-state index contributed by atoms with van der Waals surface area (Å²) in [6.45, 7) is 8.43. The van der Waals surface area contributed by atoms with Crippen LogP contribution in [0.2, 0.25) is 0 Å². The topological polar surface area (TPSA) is 380 Å². The summed E-state index contributed by atoms with van der Waals surface area (Å²) >= 11 is 0. The van der Waals surface area contributed by atoms with Crippen molar-refractivity contribution in [2.24, 2.45) is 23.5 Å². The number of rotatable bonds is 29. The number of nitrogens with one attached hydrogen (secondary N) is 9. The van der Waals surface area contributed by atoms with Crippen LogP contribution in [0.15, 0.2) is 67.1 Å². The van der Waals surface area contributed by atoms with Crippen LogP contribution in [0.5, 0.6) is 5.75 Å². The average molecular weight is 1050 g/mol. The van der Waals surface area contributed by atoms with Crippen LogP contribution in [0.3, 0.4) is 0 Å². The number of hydrogen-bond donors (Lipinski definition) is 13. The van der Waals surface area contributed by atoms with Crippen molar-refractivity contribution >= 4 is 59.2 Å². The number of phenolic OH excluding ortho intramolecular Hbond substituents is 1. The van der Waals surface area contributed by atoms with Crippen molar-refractivity contribution in [3.63, 3.8) is 0 Å². The molecular weight excluding hydrogens is 973 g/mol. The predicted molar refractivity (Wildman–Crippen MR) is 273 cm³/mol. The summed E-state index contributed by atoms with van der Waals surface area (Å²) in [5, 5.41) is 55.4. The summed E-state index contributed by atoms with van der Waals surface area (Å²) in [6.07, 6.45) is 3.34. The molecule has 0 bridgehead atoms. The first-order valence-electron chi connectivity index (χ1n) is 25.0. The van der Waals surface area contributed by atoms with Gasteiger partial charge in [-0.25, -0.2) is 9.78 Å². The van der Waals surface area contributed by atoms with Gasteiger partial charge in [0.15, 0.2) is 5.96 Å². The van der Waals surface area contributed by atoms with Crippen LogP contribution in [0.1, 0.15) is 90.0 Å². The highest BCUT2D eigenvalue weighted by molar-refractivity contribution is 5.98. The van der Waals surface area contributed by atoms with Crippen molar-refractivity contribution in [1.29, 1.82) is 5.41 Å². The van der Waals surface area contributed by atoms with Crippen molar-refractivity contribution in [1.82, 2.24) is 52.1 Å². The monoisotopic (exact) mass is 1040 g/mol. The molecule has 3 aromatic rings. The fourth-order valence-electron chi connectivity index (χ4n) is 8.44. The molecule has 24 nitrogen and oxygen atoms in total. The predicted octanol–water partition coefficient (Wildman–Crippen LogP) is 0.204. The lowest BCUT2D eigenvalue weighted by Gasteiger charge is -2.32. The van der Waals surface area contributed by atoms with E-state index in [4.69, 9.17) is 11.1 Å². The molecule has 75 heavy (non-hydrogen) atoms. The number of amides is 7. The van der Waals surface area contributed by atoms with E-state index in [1.807, 2.05) is 0 Å². The van der Waals surface area contributed by atoms with Crippen molar-refractivity contribution in [2.45, 2.75) is 135 Å². The van der Waals surface area contributed by atoms with Gasteiger partial charge in [0.05, 0.1) is 18.4 Å². The number of H-pyrrole nitrogens is 1. The molecular formula is C51H72N12O12. The number of likely N-dealkylation sites (tertiary alicyclic amines) is 1. The number of aromatic nitrogens is 2. The Balaban J connectivity index is 1.59. The molecule has 7 amide bonds. The molecule has 0 saturated carbocycles. The molecule has 1 fully saturated rings. The molecule has 9 unspecified atom stereocenters. The van der Waals surface area contributed by atoms with Gasteiger partial charge in [-0.05, 0) is 60.8 Å².